The second-order valence-corrected chi connectivity index (χ2v) is 8.18. The number of hydrogen-bond donors (Lipinski definition) is 0. The highest BCUT2D eigenvalue weighted by atomic mass is 35.5. The maximum atomic E-state index is 12.3. The third-order valence-electron chi connectivity index (χ3n) is 5.93. The Balaban J connectivity index is 1.51. The molecule has 0 unspecified atom stereocenters. The van der Waals surface area contributed by atoms with E-state index in [-0.39, 0.29) is 17.7 Å². The highest BCUT2D eigenvalue weighted by molar-refractivity contribution is 6.32. The van der Waals surface area contributed by atoms with Crippen LogP contribution in [0.4, 0.5) is 0 Å². The topological polar surface area (TPSA) is 65.1 Å². The number of halogens is 1. The molecular formula is C20H24ClNO5. The molecule has 1 saturated heterocycles. The van der Waals surface area contributed by atoms with Gasteiger partial charge in [0.15, 0.2) is 11.5 Å². The molecule has 1 amide bonds. The van der Waals surface area contributed by atoms with Gasteiger partial charge in [0.05, 0.1) is 17.7 Å². The van der Waals surface area contributed by atoms with E-state index >= 15 is 0 Å². The summed E-state index contributed by atoms with van der Waals surface area (Å²) in [6.07, 6.45) is 3.67. The summed E-state index contributed by atoms with van der Waals surface area (Å²) in [5.41, 5.74) is 1.03. The minimum atomic E-state index is -0.861. The van der Waals surface area contributed by atoms with Crippen molar-refractivity contribution in [3.05, 3.63) is 22.2 Å². The average Bonchev–Trinajstić information content (AvgIpc) is 3.45. The molecule has 1 aliphatic carbocycles. The molecule has 6 nitrogen and oxygen atoms in total. The summed E-state index contributed by atoms with van der Waals surface area (Å²) >= 11 is 6.35. The standard InChI is InChI=1S/C20H24ClNO5/c1-11-14(19(24)25-3)10-15(21)17-16(11)26-20(2,27-17)13-6-8-22(9-7-13)18(23)12-4-5-12/h10,12-13H,4-9H2,1-3H3/t20-/m0/s1. The molecule has 2 heterocycles. The molecule has 2 fully saturated rings. The van der Waals surface area contributed by atoms with Crippen LogP contribution in [0, 0.1) is 18.8 Å². The van der Waals surface area contributed by atoms with Crippen molar-refractivity contribution in [2.24, 2.45) is 11.8 Å². The van der Waals surface area contributed by atoms with Gasteiger partial charge >= 0.3 is 5.97 Å². The molecule has 0 spiro atoms. The van der Waals surface area contributed by atoms with E-state index in [9.17, 15) is 9.59 Å². The summed E-state index contributed by atoms with van der Waals surface area (Å²) in [6.45, 7) is 5.15. The molecule has 1 aromatic rings. The Morgan fingerprint density at radius 3 is 2.41 bits per heavy atom. The lowest BCUT2D eigenvalue weighted by molar-refractivity contribution is -0.143. The molecule has 3 aliphatic rings. The molecule has 1 aromatic carbocycles. The summed E-state index contributed by atoms with van der Waals surface area (Å²) < 4.78 is 17.2. The largest absolute Gasteiger partial charge is 0.465 e. The van der Waals surface area contributed by atoms with Crippen LogP contribution in [-0.2, 0) is 9.53 Å². The summed E-state index contributed by atoms with van der Waals surface area (Å²) in [7, 11) is 1.33. The summed E-state index contributed by atoms with van der Waals surface area (Å²) in [6, 6.07) is 1.56. The van der Waals surface area contributed by atoms with Gasteiger partial charge in [0.1, 0.15) is 0 Å². The van der Waals surface area contributed by atoms with Crippen LogP contribution in [-0.4, -0.2) is 42.8 Å². The van der Waals surface area contributed by atoms with Gasteiger partial charge in [-0.25, -0.2) is 4.79 Å². The fraction of sp³-hybridized carbons (Fsp3) is 0.600. The molecule has 27 heavy (non-hydrogen) atoms. The van der Waals surface area contributed by atoms with E-state index in [1.807, 2.05) is 11.8 Å². The zero-order valence-corrected chi connectivity index (χ0v) is 16.6. The van der Waals surface area contributed by atoms with Crippen LogP contribution in [0.3, 0.4) is 0 Å². The van der Waals surface area contributed by atoms with Gasteiger partial charge < -0.3 is 19.1 Å². The van der Waals surface area contributed by atoms with Crippen molar-refractivity contribution in [3.8, 4) is 11.5 Å². The van der Waals surface area contributed by atoms with E-state index in [0.29, 0.717) is 27.6 Å². The minimum absolute atomic E-state index is 0.130. The van der Waals surface area contributed by atoms with Gasteiger partial charge in [-0.3, -0.25) is 4.79 Å². The third kappa shape index (κ3) is 3.14. The highest BCUT2D eigenvalue weighted by Crippen LogP contribution is 2.51. The van der Waals surface area contributed by atoms with Gasteiger partial charge in [0.25, 0.3) is 5.79 Å². The number of esters is 1. The lowest BCUT2D eigenvalue weighted by Gasteiger charge is -2.38. The number of amides is 1. The predicted molar refractivity (Wildman–Crippen MR) is 99.2 cm³/mol. The second kappa shape index (κ2) is 6.59. The van der Waals surface area contributed by atoms with E-state index in [4.69, 9.17) is 25.8 Å². The molecule has 0 N–H and O–H groups in total. The first kappa shape index (κ1) is 18.4. The highest BCUT2D eigenvalue weighted by Gasteiger charge is 2.48. The van der Waals surface area contributed by atoms with Gasteiger partial charge in [-0.2, -0.15) is 0 Å². The molecule has 1 atom stereocenters. The van der Waals surface area contributed by atoms with Crippen LogP contribution in [0.2, 0.25) is 5.02 Å². The van der Waals surface area contributed by atoms with Crippen molar-refractivity contribution >= 4 is 23.5 Å². The number of nitrogens with zero attached hydrogens (tertiary/aromatic N) is 1. The SMILES string of the molecule is COC(=O)c1cc(Cl)c2c(c1C)O[C@](C)(C1CCN(C(=O)C3CC3)CC1)O2. The van der Waals surface area contributed by atoms with Crippen molar-refractivity contribution in [1.29, 1.82) is 0 Å². The number of carbonyl (C=O) groups excluding carboxylic acids is 2. The van der Waals surface area contributed by atoms with Gasteiger partial charge in [-0.1, -0.05) is 11.6 Å². The van der Waals surface area contributed by atoms with Crippen LogP contribution < -0.4 is 9.47 Å². The number of ether oxygens (including phenoxy) is 3. The third-order valence-corrected chi connectivity index (χ3v) is 6.21. The van der Waals surface area contributed by atoms with Crippen LogP contribution in [0.1, 0.15) is 48.5 Å². The smallest absolute Gasteiger partial charge is 0.338 e. The molecule has 4 rings (SSSR count). The number of carbonyl (C=O) groups is 2. The Morgan fingerprint density at radius 1 is 1.19 bits per heavy atom. The first-order valence-electron chi connectivity index (χ1n) is 9.42. The van der Waals surface area contributed by atoms with Crippen LogP contribution in [0.15, 0.2) is 6.07 Å². The number of fused-ring (bicyclic) bond motifs is 1. The van der Waals surface area contributed by atoms with Crippen molar-refractivity contribution in [1.82, 2.24) is 4.90 Å². The van der Waals surface area contributed by atoms with Crippen LogP contribution in [0.25, 0.3) is 0 Å². The number of methoxy groups -OCH3 is 1. The maximum absolute atomic E-state index is 12.3. The van der Waals surface area contributed by atoms with Crippen LogP contribution >= 0.6 is 11.6 Å². The quantitative estimate of drug-likeness (QED) is 0.734. The van der Waals surface area contributed by atoms with Crippen LogP contribution in [0.5, 0.6) is 11.5 Å². The van der Waals surface area contributed by atoms with Crippen molar-refractivity contribution in [3.63, 3.8) is 0 Å². The lowest BCUT2D eigenvalue weighted by atomic mass is 9.89. The van der Waals surface area contributed by atoms with E-state index < -0.39 is 11.8 Å². The van der Waals surface area contributed by atoms with Gasteiger partial charge in [-0.05, 0) is 38.7 Å². The molecule has 0 bridgehead atoms. The molecule has 2 aliphatic heterocycles. The van der Waals surface area contributed by atoms with Gasteiger partial charge in [-0.15, -0.1) is 0 Å². The zero-order chi connectivity index (χ0) is 19.3. The Hall–Kier alpha value is -1.95. The number of rotatable bonds is 3. The minimum Gasteiger partial charge on any atom is -0.465 e. The van der Waals surface area contributed by atoms with Crippen molar-refractivity contribution in [2.75, 3.05) is 20.2 Å². The van der Waals surface area contributed by atoms with E-state index in [1.54, 1.807) is 13.0 Å². The van der Waals surface area contributed by atoms with Crippen molar-refractivity contribution < 1.29 is 23.8 Å². The molecule has 0 aromatic heterocycles. The number of likely N-dealkylation sites (tertiary alicyclic amines) is 1. The molecular weight excluding hydrogens is 370 g/mol. The normalized spacial score (nSPS) is 24.8. The molecule has 0 radical (unpaired) electrons. The molecule has 7 heteroatoms. The number of benzene rings is 1. The average molecular weight is 394 g/mol. The van der Waals surface area contributed by atoms with Gasteiger partial charge in [0, 0.05) is 37.4 Å². The summed E-state index contributed by atoms with van der Waals surface area (Å²) in [5, 5.41) is 0.334. The Morgan fingerprint density at radius 2 is 1.81 bits per heavy atom. The maximum Gasteiger partial charge on any atom is 0.338 e. The monoisotopic (exact) mass is 393 g/mol. The van der Waals surface area contributed by atoms with E-state index in [1.165, 1.54) is 7.11 Å². The first-order valence-corrected chi connectivity index (χ1v) is 9.80. The van der Waals surface area contributed by atoms with E-state index in [0.717, 1.165) is 38.8 Å². The second-order valence-electron chi connectivity index (χ2n) is 7.77. The summed E-state index contributed by atoms with van der Waals surface area (Å²) in [5.74, 6) is 0.324. The first-order chi connectivity index (χ1) is 12.8. The Bertz CT molecular complexity index is 798. The van der Waals surface area contributed by atoms with Gasteiger partial charge in [0.2, 0.25) is 5.91 Å². The predicted octanol–water partition coefficient (Wildman–Crippen LogP) is 3.57. The van der Waals surface area contributed by atoms with Crippen molar-refractivity contribution in [2.45, 2.75) is 45.3 Å². The lowest BCUT2D eigenvalue weighted by Crippen LogP contribution is -2.50. The fourth-order valence-corrected chi connectivity index (χ4v) is 4.28. The molecule has 146 valence electrons. The Kier molecular flexibility index (Phi) is 4.49. The molecule has 1 saturated carbocycles. The summed E-state index contributed by atoms with van der Waals surface area (Å²) in [4.78, 5) is 26.2. The number of piperidine rings is 1. The zero-order valence-electron chi connectivity index (χ0n) is 15.8. The van der Waals surface area contributed by atoms with E-state index in [2.05, 4.69) is 0 Å². The Labute approximate surface area is 163 Å². The number of hydrogen-bond acceptors (Lipinski definition) is 5. The fourth-order valence-electron chi connectivity index (χ4n) is 4.05.